The van der Waals surface area contributed by atoms with Crippen LogP contribution in [0.15, 0.2) is 54.7 Å². The molecule has 5 rings (SSSR count). The van der Waals surface area contributed by atoms with Gasteiger partial charge < -0.3 is 45.1 Å². The number of ether oxygens (including phenoxy) is 3. The monoisotopic (exact) mass is 684 g/mol. The van der Waals surface area contributed by atoms with Crippen molar-refractivity contribution in [1.82, 2.24) is 15.0 Å². The van der Waals surface area contributed by atoms with Gasteiger partial charge in [0.1, 0.15) is 24.1 Å². The number of nitrogens with one attached hydrogen (secondary N) is 1. The summed E-state index contributed by atoms with van der Waals surface area (Å²) in [5, 5.41) is 61.2. The number of aryl methyl sites for hydroxylation is 2. The molecular weight excluding hydrogens is 636 g/mol. The van der Waals surface area contributed by atoms with Gasteiger partial charge in [-0.1, -0.05) is 54.7 Å². The third kappa shape index (κ3) is 7.98. The van der Waals surface area contributed by atoms with Crippen LogP contribution in [0.4, 0.5) is 5.69 Å². The molecule has 2 aliphatic heterocycles. The Kier molecular flexibility index (Phi) is 11.7. The third-order valence-electron chi connectivity index (χ3n) is 9.95. The molecule has 0 saturated carbocycles. The van der Waals surface area contributed by atoms with Gasteiger partial charge in [0.2, 0.25) is 0 Å². The predicted octanol–water partition coefficient (Wildman–Crippen LogP) is 0.972. The standard InChI is InChI=1S/C34H48N4O9Si/c1-20-26(14-7-21-5-8-22(9-6-21)35-33(43)31-29(41)28(40)30(42)34(44)47-31)46-27(15-17-38-19-23(16-18-39)36-37-38)32(20)48(3,4)25-12-10-24(45-2)11-13-25/h5-6,8-13,19-20,26-32,34,39-42,44H,7,14-18H2,1-4H3,(H,35,43)/t20-,26+,27-,28+,29+,30-,31+,32+,34-/m1/s1. The molecule has 1 amide bonds. The van der Waals surface area contributed by atoms with Gasteiger partial charge in [-0.2, -0.15) is 0 Å². The maximum Gasteiger partial charge on any atom is 0.256 e. The average Bonchev–Trinajstić information content (AvgIpc) is 3.67. The summed E-state index contributed by atoms with van der Waals surface area (Å²) in [6.45, 7) is 7.83. The first-order chi connectivity index (χ1) is 22.9. The number of anilines is 1. The maximum atomic E-state index is 12.7. The van der Waals surface area contributed by atoms with Gasteiger partial charge in [0, 0.05) is 31.5 Å². The Morgan fingerprint density at radius 3 is 2.31 bits per heavy atom. The van der Waals surface area contributed by atoms with E-state index in [1.54, 1.807) is 19.2 Å². The highest BCUT2D eigenvalue weighted by Gasteiger charge is 2.50. The lowest BCUT2D eigenvalue weighted by molar-refractivity contribution is -0.274. The second-order valence-corrected chi connectivity index (χ2v) is 18.1. The van der Waals surface area contributed by atoms with Crippen molar-refractivity contribution in [3.8, 4) is 5.75 Å². The van der Waals surface area contributed by atoms with Crippen molar-refractivity contribution in [2.75, 3.05) is 19.0 Å². The number of amides is 1. The smallest absolute Gasteiger partial charge is 0.256 e. The Hall–Kier alpha value is -3.21. The number of carbonyl (C=O) groups is 1. The van der Waals surface area contributed by atoms with Gasteiger partial charge in [-0.15, -0.1) is 5.10 Å². The van der Waals surface area contributed by atoms with Crippen LogP contribution in [0.25, 0.3) is 0 Å². The van der Waals surface area contributed by atoms with Crippen LogP contribution < -0.4 is 15.2 Å². The molecule has 2 aliphatic rings. The number of aliphatic hydroxyl groups excluding tert-OH is 5. The molecule has 6 N–H and O–H groups in total. The molecule has 3 heterocycles. The predicted molar refractivity (Wildman–Crippen MR) is 179 cm³/mol. The van der Waals surface area contributed by atoms with Gasteiger partial charge >= 0.3 is 0 Å². The molecular formula is C34H48N4O9Si. The van der Waals surface area contributed by atoms with Crippen LogP contribution in [-0.4, -0.2) is 111 Å². The number of hydrogen-bond donors (Lipinski definition) is 6. The molecule has 2 fully saturated rings. The summed E-state index contributed by atoms with van der Waals surface area (Å²) in [5.74, 6) is 0.398. The number of methoxy groups -OCH3 is 1. The van der Waals surface area contributed by atoms with E-state index >= 15 is 0 Å². The lowest BCUT2D eigenvalue weighted by atomic mass is 9.95. The summed E-state index contributed by atoms with van der Waals surface area (Å²) in [6.07, 6.45) is -3.64. The van der Waals surface area contributed by atoms with Gasteiger partial charge in [-0.25, -0.2) is 0 Å². The zero-order chi connectivity index (χ0) is 34.6. The van der Waals surface area contributed by atoms with Crippen molar-refractivity contribution in [3.05, 3.63) is 66.0 Å². The minimum atomic E-state index is -2.03. The van der Waals surface area contributed by atoms with Crippen LogP contribution in [0.2, 0.25) is 18.6 Å². The normalized spacial score (nSPS) is 29.1. The van der Waals surface area contributed by atoms with E-state index in [4.69, 9.17) is 14.2 Å². The van der Waals surface area contributed by atoms with E-state index < -0.39 is 44.7 Å². The molecule has 2 saturated heterocycles. The summed E-state index contributed by atoms with van der Waals surface area (Å²) in [5.41, 5.74) is 2.65. The Morgan fingerprint density at radius 2 is 1.65 bits per heavy atom. The van der Waals surface area contributed by atoms with Gasteiger partial charge in [0.15, 0.2) is 12.4 Å². The average molecular weight is 685 g/mol. The highest BCUT2D eigenvalue weighted by Crippen LogP contribution is 2.46. The van der Waals surface area contributed by atoms with Gasteiger partial charge in [-0.05, 0) is 60.6 Å². The van der Waals surface area contributed by atoms with E-state index in [1.807, 2.05) is 35.1 Å². The van der Waals surface area contributed by atoms with Crippen LogP contribution in [0.3, 0.4) is 0 Å². The van der Waals surface area contributed by atoms with Crippen molar-refractivity contribution in [3.63, 3.8) is 0 Å². The zero-order valence-corrected chi connectivity index (χ0v) is 28.8. The number of hydrogen-bond acceptors (Lipinski definition) is 11. The van der Waals surface area contributed by atoms with Crippen LogP contribution in [0.5, 0.6) is 5.75 Å². The fourth-order valence-electron chi connectivity index (χ4n) is 7.21. The van der Waals surface area contributed by atoms with Crippen molar-refractivity contribution in [1.29, 1.82) is 0 Å². The van der Waals surface area contributed by atoms with E-state index in [-0.39, 0.29) is 18.8 Å². The summed E-state index contributed by atoms with van der Waals surface area (Å²) in [7, 11) is -0.357. The van der Waals surface area contributed by atoms with Crippen molar-refractivity contribution in [2.45, 2.75) is 101 Å². The first-order valence-corrected chi connectivity index (χ1v) is 19.6. The lowest BCUT2D eigenvalue weighted by Gasteiger charge is -2.37. The Morgan fingerprint density at radius 1 is 0.938 bits per heavy atom. The van der Waals surface area contributed by atoms with Crippen LogP contribution in [0, 0.1) is 5.92 Å². The minimum Gasteiger partial charge on any atom is -0.497 e. The molecule has 14 heteroatoms. The SMILES string of the molecule is COc1ccc([Si](C)(C)[C@H]2[C@H](C)[C@H](CCc3ccc(NC(=O)[C@H]4O[C@@H](O)[C@H](O)[C@@H](O)[C@@H]4O)cc3)O[C@@H]2CCn2cc(CCO)nn2)cc1. The molecule has 1 aromatic heterocycles. The lowest BCUT2D eigenvalue weighted by Crippen LogP contribution is -2.60. The summed E-state index contributed by atoms with van der Waals surface area (Å²) in [6, 6.07) is 15.8. The van der Waals surface area contributed by atoms with E-state index in [1.165, 1.54) is 5.19 Å². The Balaban J connectivity index is 1.24. The van der Waals surface area contributed by atoms with E-state index in [9.17, 15) is 30.3 Å². The minimum absolute atomic E-state index is 0.0338. The number of aromatic nitrogens is 3. The molecule has 13 nitrogen and oxygen atoms in total. The van der Waals surface area contributed by atoms with E-state index in [2.05, 4.69) is 47.8 Å². The van der Waals surface area contributed by atoms with Crippen LogP contribution in [-0.2, 0) is 33.7 Å². The first kappa shape index (κ1) is 36.1. The molecule has 3 aromatic rings. The summed E-state index contributed by atoms with van der Waals surface area (Å²) < 4.78 is 19.1. The number of benzene rings is 2. The van der Waals surface area contributed by atoms with Crippen LogP contribution in [0.1, 0.15) is 31.0 Å². The molecule has 0 radical (unpaired) electrons. The van der Waals surface area contributed by atoms with Crippen LogP contribution >= 0.6 is 0 Å². The molecule has 2 aromatic carbocycles. The zero-order valence-electron chi connectivity index (χ0n) is 27.8. The fraction of sp³-hybridized carbons (Fsp3) is 0.559. The first-order valence-electron chi connectivity index (χ1n) is 16.5. The van der Waals surface area contributed by atoms with Gasteiger partial charge in [0.25, 0.3) is 5.91 Å². The van der Waals surface area contributed by atoms with Crippen molar-refractivity contribution < 1.29 is 44.5 Å². The number of aliphatic hydroxyl groups is 5. The Bertz CT molecular complexity index is 1490. The molecule has 262 valence electrons. The number of nitrogens with zero attached hydrogens (tertiary/aromatic N) is 3. The highest BCUT2D eigenvalue weighted by atomic mass is 28.3. The van der Waals surface area contributed by atoms with Crippen molar-refractivity contribution in [2.24, 2.45) is 5.92 Å². The molecule has 0 unspecified atom stereocenters. The second-order valence-electron chi connectivity index (χ2n) is 13.4. The number of rotatable bonds is 13. The molecule has 0 spiro atoms. The topological polar surface area (TPSA) is 189 Å². The van der Waals surface area contributed by atoms with Gasteiger partial charge in [-0.3, -0.25) is 9.48 Å². The quantitative estimate of drug-likeness (QED) is 0.141. The highest BCUT2D eigenvalue weighted by molar-refractivity contribution is 6.91. The summed E-state index contributed by atoms with van der Waals surface area (Å²) in [4.78, 5) is 12.7. The Labute approximate surface area is 281 Å². The van der Waals surface area contributed by atoms with E-state index in [0.29, 0.717) is 30.1 Å². The molecule has 9 atom stereocenters. The summed E-state index contributed by atoms with van der Waals surface area (Å²) >= 11 is 0. The number of carbonyl (C=O) groups excluding carboxylic acids is 1. The maximum absolute atomic E-state index is 12.7. The largest absolute Gasteiger partial charge is 0.497 e. The third-order valence-corrected chi connectivity index (χ3v) is 14.3. The molecule has 0 aliphatic carbocycles. The second kappa shape index (κ2) is 15.6. The molecule has 0 bridgehead atoms. The van der Waals surface area contributed by atoms with Crippen molar-refractivity contribution >= 4 is 24.9 Å². The molecule has 48 heavy (non-hydrogen) atoms. The van der Waals surface area contributed by atoms with E-state index in [0.717, 1.165) is 36.3 Å². The van der Waals surface area contributed by atoms with Gasteiger partial charge in [0.05, 0.1) is 33.1 Å². The fourth-order valence-corrected chi connectivity index (χ4v) is 11.3.